The molecular formula is C12H12N2OS2. The van der Waals surface area contributed by atoms with Gasteiger partial charge in [-0.2, -0.15) is 5.10 Å². The van der Waals surface area contributed by atoms with Gasteiger partial charge in [-0.15, -0.1) is 0 Å². The van der Waals surface area contributed by atoms with Gasteiger partial charge in [0.2, 0.25) is 4.38 Å². The number of thiocarbonyl (C=S) groups is 1. The van der Waals surface area contributed by atoms with Crippen molar-refractivity contribution in [2.24, 2.45) is 0 Å². The molecular weight excluding hydrogens is 252 g/mol. The number of aryl methyl sites for hydroxylation is 1. The molecule has 1 aromatic heterocycles. The molecule has 0 atom stereocenters. The zero-order valence-electron chi connectivity index (χ0n) is 9.58. The van der Waals surface area contributed by atoms with Gasteiger partial charge in [-0.25, -0.2) is 4.68 Å². The molecule has 1 heterocycles. The van der Waals surface area contributed by atoms with E-state index < -0.39 is 0 Å². The minimum Gasteiger partial charge on any atom is -0.437 e. The second-order valence-electron chi connectivity index (χ2n) is 3.51. The molecule has 1 aromatic carbocycles. The maximum Gasteiger partial charge on any atom is 0.225 e. The van der Waals surface area contributed by atoms with Gasteiger partial charge in [0.05, 0.1) is 18.1 Å². The van der Waals surface area contributed by atoms with E-state index in [1.165, 1.54) is 17.3 Å². The standard InChI is InChI=1S/C12H12N2OS2/c1-9-3-5-10(6-4-9)14-8-11(7-13-14)15-12(16)17-2/h3-8H,1-2H3. The van der Waals surface area contributed by atoms with Crippen LogP contribution in [0.1, 0.15) is 5.56 Å². The van der Waals surface area contributed by atoms with Crippen molar-refractivity contribution in [3.05, 3.63) is 42.2 Å². The summed E-state index contributed by atoms with van der Waals surface area (Å²) >= 11 is 6.38. The fraction of sp³-hybridized carbons (Fsp3) is 0.167. The lowest BCUT2D eigenvalue weighted by Crippen LogP contribution is -1.98. The van der Waals surface area contributed by atoms with Crippen LogP contribution in [0.15, 0.2) is 36.7 Å². The Hall–Kier alpha value is -1.33. The number of rotatable bonds is 2. The second-order valence-corrected chi connectivity index (χ2v) is 4.92. The van der Waals surface area contributed by atoms with E-state index in [1.807, 2.05) is 36.7 Å². The molecule has 0 aliphatic carbocycles. The molecule has 17 heavy (non-hydrogen) atoms. The van der Waals surface area contributed by atoms with Crippen molar-refractivity contribution in [3.63, 3.8) is 0 Å². The van der Waals surface area contributed by atoms with Gasteiger partial charge in [-0.1, -0.05) is 29.5 Å². The number of thioether (sulfide) groups is 1. The smallest absolute Gasteiger partial charge is 0.225 e. The molecule has 2 rings (SSSR count). The summed E-state index contributed by atoms with van der Waals surface area (Å²) in [7, 11) is 0. The van der Waals surface area contributed by atoms with Crippen LogP contribution in [-0.4, -0.2) is 20.4 Å². The summed E-state index contributed by atoms with van der Waals surface area (Å²) in [5, 5.41) is 4.23. The van der Waals surface area contributed by atoms with Crippen LogP contribution in [0.4, 0.5) is 0 Å². The van der Waals surface area contributed by atoms with Crippen LogP contribution in [0.25, 0.3) is 5.69 Å². The highest BCUT2D eigenvalue weighted by Crippen LogP contribution is 2.16. The van der Waals surface area contributed by atoms with Crippen LogP contribution in [0.3, 0.4) is 0 Å². The Morgan fingerprint density at radius 2 is 2.06 bits per heavy atom. The third-order valence-electron chi connectivity index (χ3n) is 2.23. The van der Waals surface area contributed by atoms with Gasteiger partial charge < -0.3 is 4.74 Å². The molecule has 0 bridgehead atoms. The van der Waals surface area contributed by atoms with Gasteiger partial charge in [-0.3, -0.25) is 0 Å². The summed E-state index contributed by atoms with van der Waals surface area (Å²) in [5.74, 6) is 0.657. The van der Waals surface area contributed by atoms with E-state index in [2.05, 4.69) is 12.0 Å². The second kappa shape index (κ2) is 5.33. The molecule has 0 radical (unpaired) electrons. The first kappa shape index (κ1) is 12.1. The van der Waals surface area contributed by atoms with Crippen molar-refractivity contribution in [1.29, 1.82) is 0 Å². The van der Waals surface area contributed by atoms with Crippen LogP contribution in [0.2, 0.25) is 0 Å². The first-order valence-corrected chi connectivity index (χ1v) is 6.70. The van der Waals surface area contributed by atoms with Crippen molar-refractivity contribution >= 4 is 28.4 Å². The van der Waals surface area contributed by atoms with Gasteiger partial charge in [0.1, 0.15) is 0 Å². The summed E-state index contributed by atoms with van der Waals surface area (Å²) in [4.78, 5) is 0. The number of nitrogens with zero attached hydrogens (tertiary/aromatic N) is 2. The molecule has 88 valence electrons. The van der Waals surface area contributed by atoms with Crippen molar-refractivity contribution in [3.8, 4) is 11.4 Å². The van der Waals surface area contributed by atoms with E-state index in [9.17, 15) is 0 Å². The van der Waals surface area contributed by atoms with Crippen molar-refractivity contribution < 1.29 is 4.74 Å². The van der Waals surface area contributed by atoms with Gasteiger partial charge in [-0.05, 0) is 37.5 Å². The molecule has 0 aliphatic rings. The molecule has 0 N–H and O–H groups in total. The number of hydrogen-bond acceptors (Lipinski definition) is 4. The third kappa shape index (κ3) is 3.08. The van der Waals surface area contributed by atoms with Crippen LogP contribution in [0, 0.1) is 6.92 Å². The fourth-order valence-corrected chi connectivity index (χ4v) is 1.61. The maximum atomic E-state index is 5.40. The highest BCUT2D eigenvalue weighted by atomic mass is 32.2. The summed E-state index contributed by atoms with van der Waals surface area (Å²) in [6.07, 6.45) is 5.35. The summed E-state index contributed by atoms with van der Waals surface area (Å²) in [6, 6.07) is 8.12. The molecule has 0 fully saturated rings. The third-order valence-corrected chi connectivity index (χ3v) is 3.23. The normalized spacial score (nSPS) is 10.2. The fourth-order valence-electron chi connectivity index (χ4n) is 1.34. The molecule has 0 spiro atoms. The molecule has 3 nitrogen and oxygen atoms in total. The monoisotopic (exact) mass is 264 g/mol. The van der Waals surface area contributed by atoms with Gasteiger partial charge >= 0.3 is 0 Å². The van der Waals surface area contributed by atoms with Crippen molar-refractivity contribution in [1.82, 2.24) is 9.78 Å². The predicted octanol–water partition coefficient (Wildman–Crippen LogP) is 3.21. The Morgan fingerprint density at radius 3 is 2.71 bits per heavy atom. The van der Waals surface area contributed by atoms with Gasteiger partial charge in [0.25, 0.3) is 0 Å². The van der Waals surface area contributed by atoms with E-state index in [4.69, 9.17) is 17.0 Å². The van der Waals surface area contributed by atoms with Gasteiger partial charge in [0.15, 0.2) is 5.75 Å². The summed E-state index contributed by atoms with van der Waals surface area (Å²) in [5.41, 5.74) is 2.22. The highest BCUT2D eigenvalue weighted by Gasteiger charge is 2.03. The number of benzene rings is 1. The van der Waals surface area contributed by atoms with E-state index in [-0.39, 0.29) is 0 Å². The highest BCUT2D eigenvalue weighted by molar-refractivity contribution is 8.22. The molecule has 0 aliphatic heterocycles. The van der Waals surface area contributed by atoms with Crippen LogP contribution < -0.4 is 4.74 Å². The minimum atomic E-state index is 0.494. The molecule has 5 heteroatoms. The SMILES string of the molecule is CSC(=S)Oc1cnn(-c2ccc(C)cc2)c1. The summed E-state index contributed by atoms with van der Waals surface area (Å²) < 4.78 is 7.66. The van der Waals surface area contributed by atoms with Crippen LogP contribution >= 0.6 is 24.0 Å². The topological polar surface area (TPSA) is 27.1 Å². The Balaban J connectivity index is 2.18. The van der Waals surface area contributed by atoms with E-state index in [1.54, 1.807) is 10.9 Å². The number of ether oxygens (including phenoxy) is 1. The Kier molecular flexibility index (Phi) is 3.81. The Labute approximate surface area is 110 Å². The molecule has 0 saturated heterocycles. The maximum absolute atomic E-state index is 5.40. The molecule has 0 unspecified atom stereocenters. The van der Waals surface area contributed by atoms with E-state index in [0.717, 1.165) is 5.69 Å². The quantitative estimate of drug-likeness (QED) is 0.778. The first-order chi connectivity index (χ1) is 8.19. The molecule has 2 aromatic rings. The zero-order chi connectivity index (χ0) is 12.3. The van der Waals surface area contributed by atoms with E-state index in [0.29, 0.717) is 10.1 Å². The van der Waals surface area contributed by atoms with Crippen molar-refractivity contribution in [2.45, 2.75) is 6.92 Å². The van der Waals surface area contributed by atoms with E-state index >= 15 is 0 Å². The lowest BCUT2D eigenvalue weighted by atomic mass is 10.2. The van der Waals surface area contributed by atoms with Crippen LogP contribution in [0.5, 0.6) is 5.75 Å². The number of aromatic nitrogens is 2. The average molecular weight is 264 g/mol. The van der Waals surface area contributed by atoms with Gasteiger partial charge in [0, 0.05) is 0 Å². The van der Waals surface area contributed by atoms with Crippen molar-refractivity contribution in [2.75, 3.05) is 6.26 Å². The average Bonchev–Trinajstić information content (AvgIpc) is 2.78. The zero-order valence-corrected chi connectivity index (χ0v) is 11.2. The molecule has 0 amide bonds. The lowest BCUT2D eigenvalue weighted by molar-refractivity contribution is 0.579. The minimum absolute atomic E-state index is 0.494. The predicted molar refractivity (Wildman–Crippen MR) is 75.0 cm³/mol. The Bertz CT molecular complexity index is 520. The largest absolute Gasteiger partial charge is 0.437 e. The Morgan fingerprint density at radius 1 is 1.35 bits per heavy atom. The lowest BCUT2D eigenvalue weighted by Gasteiger charge is -2.01. The first-order valence-electron chi connectivity index (χ1n) is 5.06. The molecule has 0 saturated carbocycles. The van der Waals surface area contributed by atoms with Crippen LogP contribution in [-0.2, 0) is 0 Å². The summed E-state index contributed by atoms with van der Waals surface area (Å²) in [6.45, 7) is 2.05. The number of hydrogen-bond donors (Lipinski definition) is 0.